The standard InChI is InChI=1S/C12H15N3O5S2/c1-14-7-12(13-9-14)22(18,19)15-5-11(6-15)21(16,17)8-10-3-2-4-20-10/h2-4,7,9,11H,5-6,8H2,1H3. The number of rotatable bonds is 5. The zero-order chi connectivity index (χ0) is 16.0. The number of aryl methyl sites for hydroxylation is 1. The Bertz CT molecular complexity index is 862. The van der Waals surface area contributed by atoms with E-state index in [1.807, 2.05) is 0 Å². The molecule has 1 aliphatic heterocycles. The zero-order valence-electron chi connectivity index (χ0n) is 11.8. The summed E-state index contributed by atoms with van der Waals surface area (Å²) in [5, 5.41) is -0.784. The number of hydrogen-bond acceptors (Lipinski definition) is 6. The molecule has 0 aromatic carbocycles. The van der Waals surface area contributed by atoms with E-state index in [1.54, 1.807) is 19.2 Å². The number of imidazole rings is 1. The fourth-order valence-corrected chi connectivity index (χ4v) is 5.49. The highest BCUT2D eigenvalue weighted by Crippen LogP contribution is 2.26. The maximum Gasteiger partial charge on any atom is 0.262 e. The number of hydrogen-bond donors (Lipinski definition) is 0. The van der Waals surface area contributed by atoms with Crippen molar-refractivity contribution >= 4 is 19.9 Å². The highest BCUT2D eigenvalue weighted by molar-refractivity contribution is 7.92. The maximum absolute atomic E-state index is 12.3. The van der Waals surface area contributed by atoms with Crippen LogP contribution in [-0.4, -0.2) is 49.0 Å². The molecule has 2 aromatic heterocycles. The maximum atomic E-state index is 12.3. The Morgan fingerprint density at radius 1 is 1.32 bits per heavy atom. The fraction of sp³-hybridized carbons (Fsp3) is 0.417. The molecule has 0 spiro atoms. The Labute approximate surface area is 128 Å². The second-order valence-corrected chi connectivity index (χ2v) is 9.37. The minimum atomic E-state index is -3.72. The van der Waals surface area contributed by atoms with Gasteiger partial charge in [0.15, 0.2) is 14.9 Å². The molecule has 3 rings (SSSR count). The summed E-state index contributed by atoms with van der Waals surface area (Å²) >= 11 is 0. The lowest BCUT2D eigenvalue weighted by atomic mass is 10.3. The molecule has 0 amide bonds. The first kappa shape index (κ1) is 15.3. The van der Waals surface area contributed by atoms with Gasteiger partial charge in [-0.25, -0.2) is 21.8 Å². The van der Waals surface area contributed by atoms with Crippen molar-refractivity contribution < 1.29 is 21.3 Å². The van der Waals surface area contributed by atoms with E-state index in [0.29, 0.717) is 5.76 Å². The molecule has 1 aliphatic rings. The average Bonchev–Trinajstić information content (AvgIpc) is 2.97. The molecule has 3 heterocycles. The van der Waals surface area contributed by atoms with E-state index >= 15 is 0 Å². The Balaban J connectivity index is 1.69. The third-order valence-electron chi connectivity index (χ3n) is 3.53. The van der Waals surface area contributed by atoms with Crippen LogP contribution in [0.25, 0.3) is 0 Å². The van der Waals surface area contributed by atoms with Crippen LogP contribution in [0.2, 0.25) is 0 Å². The molecule has 8 nitrogen and oxygen atoms in total. The van der Waals surface area contributed by atoms with Crippen molar-refractivity contribution in [1.29, 1.82) is 0 Å². The van der Waals surface area contributed by atoms with Gasteiger partial charge in [0.25, 0.3) is 10.0 Å². The van der Waals surface area contributed by atoms with Crippen LogP contribution in [0.1, 0.15) is 5.76 Å². The fourth-order valence-electron chi connectivity index (χ4n) is 2.19. The zero-order valence-corrected chi connectivity index (χ0v) is 13.4. The summed E-state index contributed by atoms with van der Waals surface area (Å²) < 4.78 is 56.6. The molecule has 0 atom stereocenters. The van der Waals surface area contributed by atoms with E-state index < -0.39 is 25.1 Å². The first-order valence-corrected chi connectivity index (χ1v) is 9.66. The summed E-state index contributed by atoms with van der Waals surface area (Å²) in [6.45, 7) is -0.107. The first-order valence-electron chi connectivity index (χ1n) is 6.51. The topological polar surface area (TPSA) is 102 Å². The van der Waals surface area contributed by atoms with Gasteiger partial charge in [-0.1, -0.05) is 0 Å². The lowest BCUT2D eigenvalue weighted by Gasteiger charge is -2.36. The predicted octanol–water partition coefficient (Wildman–Crippen LogP) is 0.001000. The van der Waals surface area contributed by atoms with Crippen molar-refractivity contribution in [2.24, 2.45) is 7.05 Å². The molecule has 22 heavy (non-hydrogen) atoms. The first-order chi connectivity index (χ1) is 10.3. The van der Waals surface area contributed by atoms with Crippen LogP contribution in [0.3, 0.4) is 0 Å². The van der Waals surface area contributed by atoms with E-state index in [0.717, 1.165) is 4.31 Å². The second kappa shape index (κ2) is 5.21. The predicted molar refractivity (Wildman–Crippen MR) is 77.1 cm³/mol. The van der Waals surface area contributed by atoms with E-state index in [1.165, 1.54) is 23.4 Å². The number of sulfone groups is 1. The van der Waals surface area contributed by atoms with Crippen molar-refractivity contribution in [2.45, 2.75) is 16.0 Å². The smallest absolute Gasteiger partial charge is 0.262 e. The quantitative estimate of drug-likeness (QED) is 0.756. The van der Waals surface area contributed by atoms with Gasteiger partial charge in [-0.3, -0.25) is 0 Å². The van der Waals surface area contributed by atoms with Crippen LogP contribution in [0.5, 0.6) is 0 Å². The van der Waals surface area contributed by atoms with Crippen molar-refractivity contribution in [2.75, 3.05) is 13.1 Å². The Hall–Kier alpha value is -1.65. The SMILES string of the molecule is Cn1cnc(S(=O)(=O)N2CC(S(=O)(=O)Cc3ccco3)C2)c1. The molecule has 10 heteroatoms. The Kier molecular flexibility index (Phi) is 3.62. The van der Waals surface area contributed by atoms with Gasteiger partial charge in [0.2, 0.25) is 0 Å². The molecule has 0 N–H and O–H groups in total. The molecule has 0 aliphatic carbocycles. The van der Waals surface area contributed by atoms with Gasteiger partial charge in [-0.15, -0.1) is 0 Å². The largest absolute Gasteiger partial charge is 0.468 e. The number of nitrogens with zero attached hydrogens (tertiary/aromatic N) is 3. The van der Waals surface area contributed by atoms with Gasteiger partial charge in [-0.05, 0) is 12.1 Å². The van der Waals surface area contributed by atoms with E-state index in [9.17, 15) is 16.8 Å². The summed E-state index contributed by atoms with van der Waals surface area (Å²) in [4.78, 5) is 3.81. The molecule has 0 radical (unpaired) electrons. The minimum Gasteiger partial charge on any atom is -0.468 e. The third kappa shape index (κ3) is 2.69. The lowest BCUT2D eigenvalue weighted by Crippen LogP contribution is -2.56. The molecule has 1 saturated heterocycles. The van der Waals surface area contributed by atoms with Gasteiger partial charge < -0.3 is 8.98 Å². The van der Waals surface area contributed by atoms with Gasteiger partial charge >= 0.3 is 0 Å². The summed E-state index contributed by atoms with van der Waals surface area (Å²) in [6, 6.07) is 3.20. The van der Waals surface area contributed by atoms with Crippen molar-refractivity contribution in [3.63, 3.8) is 0 Å². The van der Waals surface area contributed by atoms with Crippen LogP contribution < -0.4 is 0 Å². The van der Waals surface area contributed by atoms with Gasteiger partial charge in [0.05, 0.1) is 17.8 Å². The molecular weight excluding hydrogens is 330 g/mol. The minimum absolute atomic E-state index is 0.0536. The Morgan fingerprint density at radius 2 is 2.05 bits per heavy atom. The highest BCUT2D eigenvalue weighted by Gasteiger charge is 2.44. The van der Waals surface area contributed by atoms with Crippen LogP contribution >= 0.6 is 0 Å². The second-order valence-electron chi connectivity index (χ2n) is 5.21. The van der Waals surface area contributed by atoms with Crippen molar-refractivity contribution in [3.8, 4) is 0 Å². The molecule has 120 valence electrons. The average molecular weight is 345 g/mol. The van der Waals surface area contributed by atoms with Gasteiger partial charge in [0, 0.05) is 26.3 Å². The summed E-state index contributed by atoms with van der Waals surface area (Å²) in [6.07, 6.45) is 4.18. The molecule has 0 saturated carbocycles. The number of aromatic nitrogens is 2. The van der Waals surface area contributed by atoms with Crippen LogP contribution in [0.15, 0.2) is 40.4 Å². The molecule has 2 aromatic rings. The summed E-state index contributed by atoms with van der Waals surface area (Å²) in [7, 11) is -5.50. The van der Waals surface area contributed by atoms with Crippen LogP contribution in [-0.2, 0) is 32.7 Å². The van der Waals surface area contributed by atoms with E-state index in [-0.39, 0.29) is 23.9 Å². The number of furan rings is 1. The van der Waals surface area contributed by atoms with Crippen LogP contribution in [0.4, 0.5) is 0 Å². The number of sulfonamides is 1. The lowest BCUT2D eigenvalue weighted by molar-refractivity contribution is 0.308. The van der Waals surface area contributed by atoms with E-state index in [2.05, 4.69) is 4.98 Å². The van der Waals surface area contributed by atoms with Crippen LogP contribution in [0, 0.1) is 0 Å². The monoisotopic (exact) mass is 345 g/mol. The highest BCUT2D eigenvalue weighted by atomic mass is 32.2. The Morgan fingerprint density at radius 3 is 2.59 bits per heavy atom. The van der Waals surface area contributed by atoms with Crippen molar-refractivity contribution in [1.82, 2.24) is 13.9 Å². The van der Waals surface area contributed by atoms with Gasteiger partial charge in [0.1, 0.15) is 11.5 Å². The van der Waals surface area contributed by atoms with Crippen molar-refractivity contribution in [3.05, 3.63) is 36.7 Å². The summed E-state index contributed by atoms with van der Waals surface area (Å²) in [5.74, 6) is 0.133. The molecule has 1 fully saturated rings. The van der Waals surface area contributed by atoms with Gasteiger partial charge in [-0.2, -0.15) is 4.31 Å². The van der Waals surface area contributed by atoms with E-state index in [4.69, 9.17) is 4.42 Å². The normalized spacial score (nSPS) is 17.5. The molecule has 0 unspecified atom stereocenters. The third-order valence-corrected chi connectivity index (χ3v) is 7.25. The summed E-state index contributed by atoms with van der Waals surface area (Å²) in [5.41, 5.74) is 0. The molecular formula is C12H15N3O5S2. The molecule has 0 bridgehead atoms.